The zero-order chi connectivity index (χ0) is 9.72. The summed E-state index contributed by atoms with van der Waals surface area (Å²) in [7, 11) is 0. The fourth-order valence-corrected chi connectivity index (χ4v) is 0.500. The van der Waals surface area contributed by atoms with E-state index in [1.54, 1.807) is 0 Å². The average molecular weight is 180 g/mol. The Labute approximate surface area is 66.7 Å². The predicted molar refractivity (Wildman–Crippen MR) is 35.6 cm³/mol. The molecule has 0 aromatic rings. The lowest BCUT2D eigenvalue weighted by molar-refractivity contribution is -0.140. The highest BCUT2D eigenvalue weighted by atomic mass is 16.5. The van der Waals surface area contributed by atoms with E-state index in [0.29, 0.717) is 6.08 Å². The van der Waals surface area contributed by atoms with Crippen molar-refractivity contribution in [2.75, 3.05) is 0 Å². The predicted octanol–water partition coefficient (Wildman–Crippen LogP) is -0.443. The summed E-state index contributed by atoms with van der Waals surface area (Å²) in [5.74, 6) is -4.40. The monoisotopic (exact) mass is 180 g/mol. The van der Waals surface area contributed by atoms with Crippen LogP contribution in [0.1, 0.15) is 6.42 Å². The van der Waals surface area contributed by atoms with E-state index >= 15 is 0 Å². The largest absolute Gasteiger partial charge is 0.481 e. The fraction of sp³-hybridized carbons (Fsp3) is 0.167. The molecule has 0 amide bonds. The Kier molecular flexibility index (Phi) is 3.48. The Bertz CT molecular complexity index is 251. The summed E-state index contributed by atoms with van der Waals surface area (Å²) in [5.41, 5.74) is -0.657. The van der Waals surface area contributed by atoms with Gasteiger partial charge in [-0.15, -0.1) is 0 Å². The maximum Gasteiger partial charge on any atom is 0.332 e. The third-order valence-corrected chi connectivity index (χ3v) is 0.914. The van der Waals surface area contributed by atoms with Gasteiger partial charge in [0.05, 0.1) is 12.0 Å². The van der Waals surface area contributed by atoms with Crippen LogP contribution in [0.2, 0.25) is 0 Å². The molecule has 0 fully saturated rings. The van der Waals surface area contributed by atoms with Crippen molar-refractivity contribution in [1.29, 1.82) is 0 Å². The average Bonchev–Trinajstić information content (AvgIpc) is 1.83. The van der Waals surface area contributed by atoms with Gasteiger partial charge in [-0.05, 0) is 0 Å². The minimum Gasteiger partial charge on any atom is -0.481 e. The number of rotatable bonds is 4. The molecule has 0 aliphatic rings. The Morgan fingerprint density at radius 2 is 1.58 bits per heavy atom. The Morgan fingerprint density at radius 3 is 1.83 bits per heavy atom. The van der Waals surface area contributed by atoms with Crippen LogP contribution in [0.4, 0.5) is 0 Å². The first-order valence-corrected chi connectivity index (χ1v) is 2.82. The van der Waals surface area contributed by atoms with Crippen LogP contribution in [0.25, 0.3) is 0 Å². The van der Waals surface area contributed by atoms with Crippen molar-refractivity contribution in [1.82, 2.24) is 0 Å². The molecule has 6 heteroatoms. The van der Waals surface area contributed by atoms with E-state index in [1.807, 2.05) is 0 Å². The summed E-state index contributed by atoms with van der Waals surface area (Å²) in [6.45, 7) is 0. The molecule has 6 nitrogen and oxygen atoms in total. The smallest absolute Gasteiger partial charge is 0.332 e. The quantitative estimate of drug-likeness (QED) is 0.399. The van der Waals surface area contributed by atoms with Crippen LogP contribution in [0.5, 0.6) is 0 Å². The molecule has 0 saturated heterocycles. The highest BCUT2D eigenvalue weighted by Gasteiger charge is 2.12. The summed E-state index contributed by atoms with van der Waals surface area (Å²) >= 11 is 0. The minimum atomic E-state index is -1.54. The van der Waals surface area contributed by atoms with Gasteiger partial charge in [0.1, 0.15) is 0 Å². The van der Waals surface area contributed by atoms with Gasteiger partial charge in [-0.1, -0.05) is 0 Å². The topological polar surface area (TPSA) is 112 Å². The molecule has 0 aromatic carbocycles. The van der Waals surface area contributed by atoms with Crippen molar-refractivity contribution in [2.24, 2.45) is 0 Å². The van der Waals surface area contributed by atoms with Gasteiger partial charge in [0, 0.05) is 6.08 Å². The molecule has 3 N–H and O–H groups in total. The van der Waals surface area contributed by atoms with Crippen molar-refractivity contribution in [3.05, 3.63) is 11.6 Å². The van der Waals surface area contributed by atoms with Gasteiger partial charge in [-0.2, -0.15) is 0 Å². The first kappa shape index (κ1) is 10.2. The molecule has 12 heavy (non-hydrogen) atoms. The van der Waals surface area contributed by atoms with E-state index in [1.165, 1.54) is 0 Å². The second-order valence-corrected chi connectivity index (χ2v) is 1.88. The molecule has 66 valence electrons. The van der Waals surface area contributed by atoms with Crippen molar-refractivity contribution in [3.8, 4) is 0 Å². The van der Waals surface area contributed by atoms with Crippen LogP contribution < -0.4 is 0 Å². The number of hydrogen-bond acceptors (Lipinski definition) is 3. The van der Waals surface area contributed by atoms with Crippen molar-refractivity contribution in [2.45, 2.75) is 6.42 Å². The van der Waals surface area contributed by atoms with Crippen LogP contribution in [0, 0.1) is 0 Å². The van der Waals surface area contributed by atoms with Gasteiger partial charge in [-0.3, -0.25) is 4.79 Å². The molecule has 0 aliphatic heterocycles. The minimum absolute atomic E-state index is 0.358. The lowest BCUT2D eigenvalue weighted by atomic mass is 11.1. The third kappa shape index (κ3) is 4.04. The molecule has 0 aromatic heterocycles. The zero-order valence-electron chi connectivity index (χ0n) is 5.85. The van der Waals surface area contributed by atoms with E-state index < -0.39 is 29.9 Å². The van der Waals surface area contributed by atoms with Crippen LogP contribution in [-0.4, -0.2) is 33.2 Å². The van der Waals surface area contributed by atoms with E-state index in [2.05, 4.69) is 0 Å². The molecule has 0 unspecified atom stereocenters. The Balaban J connectivity index is 4.55. The normalized spacial score (nSPS) is 10.8. The number of hydrogen-bond donors (Lipinski definition) is 3. The van der Waals surface area contributed by atoms with E-state index in [-0.39, 0.29) is 0 Å². The molecule has 0 bridgehead atoms. The molecule has 0 aliphatic carbocycles. The highest BCUT2D eigenvalue weighted by molar-refractivity contribution is 5.98. The summed E-state index contributed by atoms with van der Waals surface area (Å²) in [4.78, 5) is 30.1. The highest BCUT2D eigenvalue weighted by Crippen LogP contribution is 2.00. The maximum absolute atomic E-state index is 10.2. The standard InChI is InChI=1S/C6H6O6/c7-4(8)1-3(6(11)12)2-5(9)10/h1H,2H2,(H,7,8)(H,9,10)(H,11,12)/b3-1-/i1+1,2+1,3+1,4+1,5+1,6+1. The van der Waals surface area contributed by atoms with Gasteiger partial charge in [0.25, 0.3) is 0 Å². The molecule has 0 spiro atoms. The summed E-state index contributed by atoms with van der Waals surface area (Å²) in [6.07, 6.45) is -0.446. The van der Waals surface area contributed by atoms with Crippen molar-refractivity contribution >= 4 is 17.9 Å². The second kappa shape index (κ2) is 4.12. The SMILES string of the molecule is O=[13C](O)/[13CH]=[13C](/[13CH2][13C](=O)O)[13C](=O)O. The number of carboxylic acids is 3. The number of carbonyl (C=O) groups is 3. The first-order valence-electron chi connectivity index (χ1n) is 2.82. The van der Waals surface area contributed by atoms with Gasteiger partial charge in [0.2, 0.25) is 0 Å². The molecular formula is C6H6O6. The summed E-state index contributed by atoms with van der Waals surface area (Å²) in [6, 6.07) is 0. The Hall–Kier alpha value is -1.85. The number of aliphatic carboxylic acids is 3. The first-order chi connectivity index (χ1) is 5.43. The lowest BCUT2D eigenvalue weighted by Gasteiger charge is -1.94. The fourth-order valence-electron chi connectivity index (χ4n) is 0.500. The number of carboxylic acid groups (broad SMARTS) is 3. The van der Waals surface area contributed by atoms with E-state index in [4.69, 9.17) is 15.3 Å². The van der Waals surface area contributed by atoms with Gasteiger partial charge >= 0.3 is 17.9 Å². The van der Waals surface area contributed by atoms with Gasteiger partial charge in [-0.25, -0.2) is 9.59 Å². The summed E-state index contributed by atoms with van der Waals surface area (Å²) in [5, 5.41) is 24.5. The van der Waals surface area contributed by atoms with Gasteiger partial charge in [0.15, 0.2) is 0 Å². The van der Waals surface area contributed by atoms with Gasteiger partial charge < -0.3 is 15.3 Å². The van der Waals surface area contributed by atoms with Crippen LogP contribution in [0.15, 0.2) is 11.6 Å². The zero-order valence-corrected chi connectivity index (χ0v) is 5.85. The molecular weight excluding hydrogens is 174 g/mol. The summed E-state index contributed by atoms with van der Waals surface area (Å²) < 4.78 is 0. The second-order valence-electron chi connectivity index (χ2n) is 1.88. The molecule has 0 radical (unpaired) electrons. The molecule has 0 heterocycles. The molecule has 0 saturated carbocycles. The van der Waals surface area contributed by atoms with Crippen LogP contribution >= 0.6 is 0 Å². The van der Waals surface area contributed by atoms with E-state index in [0.717, 1.165) is 0 Å². The molecule has 0 atom stereocenters. The molecule has 0 rings (SSSR count). The third-order valence-electron chi connectivity index (χ3n) is 0.914. The lowest BCUT2D eigenvalue weighted by Crippen LogP contribution is -2.08. The maximum atomic E-state index is 10.2. The van der Waals surface area contributed by atoms with E-state index in [9.17, 15) is 14.4 Å². The van der Waals surface area contributed by atoms with Crippen LogP contribution in [0.3, 0.4) is 0 Å². The van der Waals surface area contributed by atoms with Crippen molar-refractivity contribution < 1.29 is 29.7 Å². The van der Waals surface area contributed by atoms with Crippen LogP contribution in [-0.2, 0) is 14.4 Å². The Morgan fingerprint density at radius 1 is 1.08 bits per heavy atom. The van der Waals surface area contributed by atoms with Crippen molar-refractivity contribution in [3.63, 3.8) is 0 Å².